The number of rotatable bonds is 21. The van der Waals surface area contributed by atoms with Crippen molar-refractivity contribution in [1.82, 2.24) is 4.57 Å². The fourth-order valence-corrected chi connectivity index (χ4v) is 22.7. The zero-order valence-corrected chi connectivity index (χ0v) is 36.2. The fraction of sp³-hybridized carbons (Fsp3) is 0.939. The van der Waals surface area contributed by atoms with Gasteiger partial charge in [-0.05, 0) is 72.7 Å². The molecule has 0 saturated carbocycles. The van der Waals surface area contributed by atoms with E-state index in [9.17, 15) is 9.59 Å². The Morgan fingerprint density at radius 2 is 0.977 bits per heavy atom. The largest absolute Gasteiger partial charge is 0.518 e. The van der Waals surface area contributed by atoms with Gasteiger partial charge in [-0.1, -0.05) is 103 Å². The standard InChI is InChI=1S/C33H73NO6Si4/c1-19-37-42(18,38-20-2)23-21-22-34(41(15,16)17)31(33(36)40-44(28(9)10,29(11)12)30(13)14)24-32(35)39-43(25(3)4,26(5)6)27(7)8/h25-31H,19-24H2,1-18H3. The molecule has 0 N–H and O–H groups in total. The van der Waals surface area contributed by atoms with Gasteiger partial charge in [-0.25, -0.2) is 0 Å². The van der Waals surface area contributed by atoms with E-state index in [1.165, 1.54) is 0 Å². The van der Waals surface area contributed by atoms with Gasteiger partial charge in [0.15, 0.2) is 0 Å². The monoisotopic (exact) mass is 691 g/mol. The zero-order chi connectivity index (χ0) is 34.8. The van der Waals surface area contributed by atoms with E-state index in [4.69, 9.17) is 17.7 Å². The SMILES string of the molecule is CCO[Si](C)(CCCN(C(CC(=O)O[Si](C(C)C)(C(C)C)C(C)C)C(=O)O[Si](C(C)C)(C(C)C)C(C)C)[Si](C)(C)C)OCC. The van der Waals surface area contributed by atoms with Crippen molar-refractivity contribution in [2.45, 2.75) is 181 Å². The summed E-state index contributed by atoms with van der Waals surface area (Å²) in [6, 6.07) is 0.150. The quantitative estimate of drug-likeness (QED) is 0.111. The average Bonchev–Trinajstić information content (AvgIpc) is 2.85. The molecular weight excluding hydrogens is 619 g/mol. The van der Waals surface area contributed by atoms with Crippen LogP contribution in [-0.4, -0.2) is 75.7 Å². The number of hydrogen-bond acceptors (Lipinski definition) is 7. The molecular formula is C33H73NO6Si4. The van der Waals surface area contributed by atoms with Crippen molar-refractivity contribution in [2.24, 2.45) is 0 Å². The van der Waals surface area contributed by atoms with Crippen molar-refractivity contribution in [1.29, 1.82) is 0 Å². The van der Waals surface area contributed by atoms with Crippen molar-refractivity contribution in [2.75, 3.05) is 19.8 Å². The van der Waals surface area contributed by atoms with Crippen molar-refractivity contribution in [3.8, 4) is 0 Å². The summed E-state index contributed by atoms with van der Waals surface area (Å²) in [6.07, 6.45) is 0.851. The van der Waals surface area contributed by atoms with Crippen LogP contribution in [0.2, 0.25) is 65.5 Å². The van der Waals surface area contributed by atoms with Crippen LogP contribution < -0.4 is 0 Å². The molecule has 0 spiro atoms. The third-order valence-corrected chi connectivity index (χ3v) is 27.1. The molecule has 0 radical (unpaired) electrons. The van der Waals surface area contributed by atoms with Gasteiger partial charge in [0.2, 0.25) is 0 Å². The van der Waals surface area contributed by atoms with Crippen molar-refractivity contribution in [3.05, 3.63) is 0 Å². The maximum absolute atomic E-state index is 14.6. The Morgan fingerprint density at radius 3 is 1.30 bits per heavy atom. The Hall–Kier alpha value is -0.312. The minimum absolute atomic E-state index is 0.0222. The lowest BCUT2D eigenvalue weighted by molar-refractivity contribution is -0.146. The Balaban J connectivity index is 6.82. The van der Waals surface area contributed by atoms with Gasteiger partial charge in [-0.3, -0.25) is 9.59 Å². The summed E-state index contributed by atoms with van der Waals surface area (Å²) in [6.45, 7) is 41.1. The topological polar surface area (TPSA) is 74.3 Å². The van der Waals surface area contributed by atoms with E-state index in [0.29, 0.717) is 19.8 Å². The zero-order valence-electron chi connectivity index (χ0n) is 32.2. The van der Waals surface area contributed by atoms with Gasteiger partial charge in [-0.2, -0.15) is 0 Å². The van der Waals surface area contributed by atoms with Gasteiger partial charge in [0.05, 0.1) is 6.42 Å². The van der Waals surface area contributed by atoms with Crippen LogP contribution in [-0.2, 0) is 27.3 Å². The molecule has 0 aliphatic heterocycles. The lowest BCUT2D eigenvalue weighted by Gasteiger charge is -2.45. The first-order valence-corrected chi connectivity index (χ1v) is 27.7. The molecule has 262 valence electrons. The van der Waals surface area contributed by atoms with Crippen LogP contribution in [0.25, 0.3) is 0 Å². The first-order valence-electron chi connectivity index (χ1n) is 17.5. The summed E-state index contributed by atoms with van der Waals surface area (Å²) in [5.74, 6) is -0.501. The van der Waals surface area contributed by atoms with E-state index in [1.807, 2.05) is 13.8 Å². The molecule has 0 aliphatic carbocycles. The van der Waals surface area contributed by atoms with E-state index < -0.39 is 39.5 Å². The summed E-state index contributed by atoms with van der Waals surface area (Å²) >= 11 is 0. The van der Waals surface area contributed by atoms with E-state index in [1.54, 1.807) is 0 Å². The third kappa shape index (κ3) is 11.1. The van der Waals surface area contributed by atoms with Gasteiger partial charge in [0, 0.05) is 13.2 Å². The molecule has 0 aliphatic rings. The second kappa shape index (κ2) is 18.3. The van der Waals surface area contributed by atoms with Crippen molar-refractivity contribution in [3.63, 3.8) is 0 Å². The van der Waals surface area contributed by atoms with Crippen LogP contribution in [0.1, 0.15) is 110 Å². The highest BCUT2D eigenvalue weighted by atomic mass is 28.4. The molecule has 0 saturated heterocycles. The van der Waals surface area contributed by atoms with Crippen molar-refractivity contribution < 1.29 is 27.3 Å². The smallest absolute Gasteiger partial charge is 0.334 e. The predicted octanol–water partition coefficient (Wildman–Crippen LogP) is 9.85. The van der Waals surface area contributed by atoms with Crippen LogP contribution in [0.3, 0.4) is 0 Å². The van der Waals surface area contributed by atoms with Crippen molar-refractivity contribution >= 4 is 45.4 Å². The second-order valence-corrected chi connectivity index (χ2v) is 34.7. The van der Waals surface area contributed by atoms with Crippen LogP contribution in [0.4, 0.5) is 0 Å². The summed E-state index contributed by atoms with van der Waals surface area (Å²) in [5, 5.41) is 0. The molecule has 7 nitrogen and oxygen atoms in total. The maximum atomic E-state index is 14.6. The average molecular weight is 692 g/mol. The molecule has 0 heterocycles. The van der Waals surface area contributed by atoms with Crippen LogP contribution in [0.15, 0.2) is 0 Å². The van der Waals surface area contributed by atoms with E-state index in [2.05, 4.69) is 114 Å². The lowest BCUT2D eigenvalue weighted by Crippen LogP contribution is -2.60. The summed E-state index contributed by atoms with van der Waals surface area (Å²) < 4.78 is 28.0. The summed E-state index contributed by atoms with van der Waals surface area (Å²) in [4.78, 5) is 28.6. The highest BCUT2D eigenvalue weighted by Gasteiger charge is 2.52. The molecule has 0 bridgehead atoms. The molecule has 0 aromatic rings. The molecule has 0 aromatic heterocycles. The number of carbonyl (C=O) groups excluding carboxylic acids is 2. The summed E-state index contributed by atoms with van der Waals surface area (Å²) in [5.41, 5.74) is 1.58. The van der Waals surface area contributed by atoms with Gasteiger partial charge in [-0.15, -0.1) is 0 Å². The second-order valence-electron chi connectivity index (χ2n) is 15.7. The lowest BCUT2D eigenvalue weighted by atomic mass is 10.2. The molecule has 0 fully saturated rings. The maximum Gasteiger partial charge on any atom is 0.334 e. The van der Waals surface area contributed by atoms with Gasteiger partial charge in [0.25, 0.3) is 22.6 Å². The summed E-state index contributed by atoms with van der Waals surface area (Å²) in [7, 11) is -9.44. The number of carbonyl (C=O) groups is 2. The Kier molecular flexibility index (Phi) is 18.2. The molecule has 44 heavy (non-hydrogen) atoms. The Labute approximate surface area is 277 Å². The van der Waals surface area contributed by atoms with Gasteiger partial charge < -0.3 is 22.3 Å². The minimum atomic E-state index is -2.53. The highest BCUT2D eigenvalue weighted by molar-refractivity contribution is 6.79. The van der Waals surface area contributed by atoms with E-state index >= 15 is 0 Å². The van der Waals surface area contributed by atoms with E-state index in [-0.39, 0.29) is 51.6 Å². The molecule has 1 atom stereocenters. The predicted molar refractivity (Wildman–Crippen MR) is 197 cm³/mol. The molecule has 11 heteroatoms. The van der Waals surface area contributed by atoms with Crippen LogP contribution in [0, 0.1) is 0 Å². The van der Waals surface area contributed by atoms with Gasteiger partial charge >= 0.3 is 14.5 Å². The van der Waals surface area contributed by atoms with E-state index in [0.717, 1.165) is 12.5 Å². The Bertz CT molecular complexity index is 823. The molecule has 0 aromatic carbocycles. The minimum Gasteiger partial charge on any atom is -0.518 e. The molecule has 0 rings (SSSR count). The highest BCUT2D eigenvalue weighted by Crippen LogP contribution is 2.44. The first kappa shape index (κ1) is 43.7. The third-order valence-electron chi connectivity index (χ3n) is 9.78. The molecule has 1 unspecified atom stereocenters. The molecule has 0 amide bonds. The first-order chi connectivity index (χ1) is 20.0. The normalized spacial score (nSPS) is 14.6. The number of nitrogens with zero attached hydrogens (tertiary/aromatic N) is 1. The van der Waals surface area contributed by atoms with Crippen LogP contribution >= 0.6 is 0 Å². The van der Waals surface area contributed by atoms with Crippen LogP contribution in [0.5, 0.6) is 0 Å². The number of hydrogen-bond donors (Lipinski definition) is 0. The van der Waals surface area contributed by atoms with Gasteiger partial charge in [0.1, 0.15) is 14.3 Å². The fourth-order valence-electron chi connectivity index (χ4n) is 7.99. The Morgan fingerprint density at radius 1 is 0.614 bits per heavy atom.